The Morgan fingerprint density at radius 2 is 1.85 bits per heavy atom. The smallest absolute Gasteiger partial charge is 0.338 e. The van der Waals surface area contributed by atoms with Crippen LogP contribution in [0.3, 0.4) is 0 Å². The summed E-state index contributed by atoms with van der Waals surface area (Å²) < 4.78 is 15.5. The van der Waals surface area contributed by atoms with Gasteiger partial charge in [-0.2, -0.15) is 0 Å². The number of ether oxygens (including phenoxy) is 3. The molecule has 0 bridgehead atoms. The highest BCUT2D eigenvalue weighted by atomic mass is 16.7. The number of carbonyl (C=O) groups is 2. The van der Waals surface area contributed by atoms with E-state index in [-0.39, 0.29) is 25.2 Å². The SMILES string of the molecule is CCOC(=O)c1ccc(NC(=O)CNCc2ccc3c(c2)OCO3)cc1. The van der Waals surface area contributed by atoms with Gasteiger partial charge in [-0.15, -0.1) is 0 Å². The molecule has 0 saturated heterocycles. The Morgan fingerprint density at radius 3 is 2.62 bits per heavy atom. The van der Waals surface area contributed by atoms with Crippen molar-refractivity contribution < 1.29 is 23.8 Å². The van der Waals surface area contributed by atoms with E-state index in [1.165, 1.54) is 0 Å². The van der Waals surface area contributed by atoms with Crippen molar-refractivity contribution in [3.8, 4) is 11.5 Å². The number of rotatable bonds is 7. The predicted octanol–water partition coefficient (Wildman–Crippen LogP) is 2.32. The largest absolute Gasteiger partial charge is 0.462 e. The van der Waals surface area contributed by atoms with E-state index >= 15 is 0 Å². The van der Waals surface area contributed by atoms with Gasteiger partial charge in [0.1, 0.15) is 0 Å². The fourth-order valence-corrected chi connectivity index (χ4v) is 2.48. The lowest BCUT2D eigenvalue weighted by Crippen LogP contribution is -2.27. The molecule has 2 aromatic rings. The number of anilines is 1. The number of carbonyl (C=O) groups excluding carboxylic acids is 2. The summed E-state index contributed by atoms with van der Waals surface area (Å²) in [6.45, 7) is 3.01. The molecule has 2 N–H and O–H groups in total. The number of hydrogen-bond donors (Lipinski definition) is 2. The summed E-state index contributed by atoms with van der Waals surface area (Å²) in [5, 5.41) is 5.85. The van der Waals surface area contributed by atoms with E-state index < -0.39 is 0 Å². The molecule has 7 nitrogen and oxygen atoms in total. The number of amides is 1. The molecule has 26 heavy (non-hydrogen) atoms. The van der Waals surface area contributed by atoms with Gasteiger partial charge < -0.3 is 24.8 Å². The van der Waals surface area contributed by atoms with Gasteiger partial charge in [-0.1, -0.05) is 6.07 Å². The van der Waals surface area contributed by atoms with E-state index in [1.807, 2.05) is 18.2 Å². The number of benzene rings is 2. The monoisotopic (exact) mass is 356 g/mol. The zero-order valence-electron chi connectivity index (χ0n) is 14.4. The third-order valence-electron chi connectivity index (χ3n) is 3.73. The quantitative estimate of drug-likeness (QED) is 0.741. The molecule has 0 unspecified atom stereocenters. The molecule has 7 heteroatoms. The van der Waals surface area contributed by atoms with E-state index in [1.54, 1.807) is 31.2 Å². The minimum absolute atomic E-state index is 0.161. The fraction of sp³-hybridized carbons (Fsp3) is 0.263. The molecule has 2 aromatic carbocycles. The van der Waals surface area contributed by atoms with Gasteiger partial charge in [0.2, 0.25) is 12.7 Å². The lowest BCUT2D eigenvalue weighted by molar-refractivity contribution is -0.115. The van der Waals surface area contributed by atoms with Crippen molar-refractivity contribution in [3.05, 3.63) is 53.6 Å². The maximum Gasteiger partial charge on any atom is 0.338 e. The molecule has 0 aliphatic carbocycles. The average Bonchev–Trinajstić information content (AvgIpc) is 3.10. The van der Waals surface area contributed by atoms with Gasteiger partial charge in [0, 0.05) is 12.2 Å². The van der Waals surface area contributed by atoms with E-state index in [2.05, 4.69) is 10.6 Å². The van der Waals surface area contributed by atoms with Gasteiger partial charge in [0.25, 0.3) is 0 Å². The minimum Gasteiger partial charge on any atom is -0.462 e. The van der Waals surface area contributed by atoms with E-state index in [9.17, 15) is 9.59 Å². The Balaban J connectivity index is 1.44. The highest BCUT2D eigenvalue weighted by Gasteiger charge is 2.13. The maximum atomic E-state index is 12.0. The second-order valence-electron chi connectivity index (χ2n) is 5.64. The van der Waals surface area contributed by atoms with Gasteiger partial charge in [-0.3, -0.25) is 4.79 Å². The highest BCUT2D eigenvalue weighted by molar-refractivity contribution is 5.94. The van der Waals surface area contributed by atoms with Crippen molar-refractivity contribution in [2.45, 2.75) is 13.5 Å². The van der Waals surface area contributed by atoms with Crippen molar-refractivity contribution in [2.24, 2.45) is 0 Å². The van der Waals surface area contributed by atoms with Gasteiger partial charge in [-0.25, -0.2) is 4.79 Å². The summed E-state index contributed by atoms with van der Waals surface area (Å²) in [5.74, 6) is 0.901. The molecule has 1 aliphatic rings. The van der Waals surface area contributed by atoms with Crippen LogP contribution in [0.1, 0.15) is 22.8 Å². The molecule has 1 amide bonds. The van der Waals surface area contributed by atoms with Crippen LogP contribution >= 0.6 is 0 Å². The molecule has 0 spiro atoms. The molecule has 136 valence electrons. The third kappa shape index (κ3) is 4.52. The predicted molar refractivity (Wildman–Crippen MR) is 95.3 cm³/mol. The van der Waals surface area contributed by atoms with Crippen LogP contribution in [0.15, 0.2) is 42.5 Å². The Labute approximate surface area is 151 Å². The summed E-state index contributed by atoms with van der Waals surface area (Å²) in [5.41, 5.74) is 2.07. The number of fused-ring (bicyclic) bond motifs is 1. The Hall–Kier alpha value is -3.06. The molecule has 3 rings (SSSR count). The summed E-state index contributed by atoms with van der Waals surface area (Å²) in [4.78, 5) is 23.6. The first-order valence-corrected chi connectivity index (χ1v) is 8.32. The molecule has 0 fully saturated rings. The zero-order chi connectivity index (χ0) is 18.4. The molecule has 0 aromatic heterocycles. The van der Waals surface area contributed by atoms with Crippen LogP contribution < -0.4 is 20.1 Å². The standard InChI is InChI=1S/C19H20N2O5/c1-2-24-19(23)14-4-6-15(7-5-14)21-18(22)11-20-10-13-3-8-16-17(9-13)26-12-25-16/h3-9,20H,2,10-12H2,1H3,(H,21,22). The van der Waals surface area contributed by atoms with E-state index in [0.29, 0.717) is 24.4 Å². The van der Waals surface area contributed by atoms with Crippen LogP contribution in [0.25, 0.3) is 0 Å². The van der Waals surface area contributed by atoms with E-state index in [4.69, 9.17) is 14.2 Å². The van der Waals surface area contributed by atoms with Crippen molar-refractivity contribution >= 4 is 17.6 Å². The van der Waals surface area contributed by atoms with Crippen molar-refractivity contribution in [3.63, 3.8) is 0 Å². The van der Waals surface area contributed by atoms with Crippen LogP contribution in [0, 0.1) is 0 Å². The molecule has 0 saturated carbocycles. The van der Waals surface area contributed by atoms with Crippen LogP contribution in [-0.2, 0) is 16.1 Å². The van der Waals surface area contributed by atoms with Gasteiger partial charge in [0.05, 0.1) is 18.7 Å². The van der Waals surface area contributed by atoms with Crippen molar-refractivity contribution in [1.82, 2.24) is 5.32 Å². The maximum absolute atomic E-state index is 12.0. The second-order valence-corrected chi connectivity index (χ2v) is 5.64. The molecular weight excluding hydrogens is 336 g/mol. The Kier molecular flexibility index (Phi) is 5.70. The summed E-state index contributed by atoms with van der Waals surface area (Å²) in [7, 11) is 0. The summed E-state index contributed by atoms with van der Waals surface area (Å²) in [6, 6.07) is 12.2. The second kappa shape index (κ2) is 8.35. The minimum atomic E-state index is -0.379. The van der Waals surface area contributed by atoms with Gasteiger partial charge in [0.15, 0.2) is 11.5 Å². The molecule has 1 heterocycles. The summed E-state index contributed by atoms with van der Waals surface area (Å²) >= 11 is 0. The first-order valence-electron chi connectivity index (χ1n) is 8.32. The molecule has 1 aliphatic heterocycles. The summed E-state index contributed by atoms with van der Waals surface area (Å²) in [6.07, 6.45) is 0. The first kappa shape index (κ1) is 17.8. The first-order chi connectivity index (χ1) is 12.7. The Morgan fingerprint density at radius 1 is 1.08 bits per heavy atom. The van der Waals surface area contributed by atoms with Crippen molar-refractivity contribution in [2.75, 3.05) is 25.3 Å². The number of esters is 1. The van der Waals surface area contributed by atoms with Gasteiger partial charge in [-0.05, 0) is 48.9 Å². The van der Waals surface area contributed by atoms with Crippen LogP contribution in [-0.4, -0.2) is 31.8 Å². The van der Waals surface area contributed by atoms with Crippen LogP contribution in [0.5, 0.6) is 11.5 Å². The van der Waals surface area contributed by atoms with E-state index in [0.717, 1.165) is 17.1 Å². The lowest BCUT2D eigenvalue weighted by atomic mass is 10.2. The molecule has 0 atom stereocenters. The molecular formula is C19H20N2O5. The van der Waals surface area contributed by atoms with Crippen LogP contribution in [0.4, 0.5) is 5.69 Å². The molecule has 0 radical (unpaired) electrons. The number of hydrogen-bond acceptors (Lipinski definition) is 6. The third-order valence-corrected chi connectivity index (χ3v) is 3.73. The van der Waals surface area contributed by atoms with Crippen LogP contribution in [0.2, 0.25) is 0 Å². The zero-order valence-corrected chi connectivity index (χ0v) is 14.4. The Bertz CT molecular complexity index is 789. The normalized spacial score (nSPS) is 11.9. The highest BCUT2D eigenvalue weighted by Crippen LogP contribution is 2.32. The number of nitrogens with one attached hydrogen (secondary N) is 2. The van der Waals surface area contributed by atoms with Crippen molar-refractivity contribution in [1.29, 1.82) is 0 Å². The van der Waals surface area contributed by atoms with Gasteiger partial charge >= 0.3 is 5.97 Å². The fourth-order valence-electron chi connectivity index (χ4n) is 2.48. The topological polar surface area (TPSA) is 85.9 Å². The average molecular weight is 356 g/mol. The lowest BCUT2D eigenvalue weighted by Gasteiger charge is -2.08.